The number of rotatable bonds is 2. The van der Waals surface area contributed by atoms with Crippen LogP contribution >= 0.6 is 0 Å². The van der Waals surface area contributed by atoms with Gasteiger partial charge >= 0.3 is 0 Å². The smallest absolute Gasteiger partial charge is 0.244 e. The van der Waals surface area contributed by atoms with E-state index in [9.17, 15) is 4.79 Å². The number of carbonyl (C=O) groups excluding carboxylic acids is 1. The number of aliphatic hydroxyl groups excluding tert-OH is 1. The number of fused-ring (bicyclic) bond motifs is 1. The zero-order valence-corrected chi connectivity index (χ0v) is 7.47. The number of carbonyl (C=O) groups is 1. The van der Waals surface area contributed by atoms with Gasteiger partial charge in [0.2, 0.25) is 12.2 Å². The van der Waals surface area contributed by atoms with Crippen molar-refractivity contribution < 1.29 is 19.4 Å². The summed E-state index contributed by atoms with van der Waals surface area (Å²) in [5, 5.41) is 8.80. The molecule has 5 heteroatoms. The number of primary amides is 1. The minimum atomic E-state index is -0.619. The molecule has 1 aliphatic heterocycles. The lowest BCUT2D eigenvalue weighted by atomic mass is 10.0. The number of ether oxygens (including phenoxy) is 2. The molecule has 1 amide bonds. The van der Waals surface area contributed by atoms with Gasteiger partial charge in [0.15, 0.2) is 0 Å². The van der Waals surface area contributed by atoms with Crippen LogP contribution in [0.3, 0.4) is 0 Å². The molecule has 0 bridgehead atoms. The number of hydrogen-bond acceptors (Lipinski definition) is 4. The van der Waals surface area contributed by atoms with Crippen molar-refractivity contribution in [3.8, 4) is 0 Å². The van der Waals surface area contributed by atoms with Crippen molar-refractivity contribution in [2.24, 2.45) is 5.73 Å². The standard InChI is InChI=1S/C9H11NO4/c10-9(12)5-1-2-6-7(3-5)14-8(4-11)13-6/h1-2,7-8,11H,3-4H2,(H2,10,12)/t7-,8-/m0/s1. The Hall–Kier alpha value is -1.33. The van der Waals surface area contributed by atoms with Crippen LogP contribution in [0.2, 0.25) is 0 Å². The zero-order chi connectivity index (χ0) is 10.1. The van der Waals surface area contributed by atoms with Crippen LogP contribution in [0, 0.1) is 0 Å². The third-order valence-electron chi connectivity index (χ3n) is 2.22. The van der Waals surface area contributed by atoms with Gasteiger partial charge in [0.05, 0.1) is 0 Å². The van der Waals surface area contributed by atoms with Gasteiger partial charge in [-0.15, -0.1) is 0 Å². The van der Waals surface area contributed by atoms with Crippen LogP contribution in [0.25, 0.3) is 0 Å². The van der Waals surface area contributed by atoms with E-state index in [-0.39, 0.29) is 12.7 Å². The molecular formula is C9H11NO4. The maximum absolute atomic E-state index is 10.9. The maximum Gasteiger partial charge on any atom is 0.244 e. The summed E-state index contributed by atoms with van der Waals surface area (Å²) in [4.78, 5) is 10.9. The van der Waals surface area contributed by atoms with E-state index in [1.165, 1.54) is 0 Å². The molecule has 1 aliphatic carbocycles. The fraction of sp³-hybridized carbons (Fsp3) is 0.444. The normalized spacial score (nSPS) is 30.1. The Morgan fingerprint density at radius 2 is 2.43 bits per heavy atom. The van der Waals surface area contributed by atoms with Gasteiger partial charge in [-0.05, 0) is 6.08 Å². The number of hydrogen-bond donors (Lipinski definition) is 2. The van der Waals surface area contributed by atoms with Crippen LogP contribution in [0.1, 0.15) is 6.42 Å². The third-order valence-corrected chi connectivity index (χ3v) is 2.22. The first-order valence-electron chi connectivity index (χ1n) is 4.34. The van der Waals surface area contributed by atoms with Crippen LogP contribution in [-0.2, 0) is 14.3 Å². The highest BCUT2D eigenvalue weighted by Crippen LogP contribution is 2.30. The Kier molecular flexibility index (Phi) is 2.26. The van der Waals surface area contributed by atoms with Crippen molar-refractivity contribution in [2.75, 3.05) is 6.61 Å². The van der Waals surface area contributed by atoms with Crippen LogP contribution < -0.4 is 5.73 Å². The molecule has 1 fully saturated rings. The molecule has 2 atom stereocenters. The second kappa shape index (κ2) is 3.43. The average molecular weight is 197 g/mol. The second-order valence-electron chi connectivity index (χ2n) is 3.18. The highest BCUT2D eigenvalue weighted by Gasteiger charge is 2.34. The molecule has 0 saturated carbocycles. The molecule has 5 nitrogen and oxygen atoms in total. The van der Waals surface area contributed by atoms with Crippen LogP contribution in [0.4, 0.5) is 0 Å². The Labute approximate surface area is 80.8 Å². The predicted molar refractivity (Wildman–Crippen MR) is 46.8 cm³/mol. The van der Waals surface area contributed by atoms with Gasteiger partial charge in [0, 0.05) is 12.0 Å². The van der Waals surface area contributed by atoms with Crippen LogP contribution in [0.5, 0.6) is 0 Å². The first kappa shape index (κ1) is 9.23. The van der Waals surface area contributed by atoms with Crippen molar-refractivity contribution in [3.63, 3.8) is 0 Å². The molecule has 14 heavy (non-hydrogen) atoms. The maximum atomic E-state index is 10.9. The van der Waals surface area contributed by atoms with Crippen molar-refractivity contribution in [1.29, 1.82) is 0 Å². The molecule has 0 unspecified atom stereocenters. The van der Waals surface area contributed by atoms with Gasteiger partial charge < -0.3 is 20.3 Å². The zero-order valence-electron chi connectivity index (χ0n) is 7.47. The molecule has 1 heterocycles. The summed E-state index contributed by atoms with van der Waals surface area (Å²) >= 11 is 0. The Morgan fingerprint density at radius 3 is 3.07 bits per heavy atom. The molecular weight excluding hydrogens is 186 g/mol. The monoisotopic (exact) mass is 197 g/mol. The molecule has 0 radical (unpaired) electrons. The van der Waals surface area contributed by atoms with Gasteiger partial charge in [0.25, 0.3) is 0 Å². The van der Waals surface area contributed by atoms with E-state index < -0.39 is 12.2 Å². The molecule has 0 aromatic rings. The Morgan fingerprint density at radius 1 is 1.64 bits per heavy atom. The molecule has 0 aromatic heterocycles. The Balaban J connectivity index is 2.11. The lowest BCUT2D eigenvalue weighted by Crippen LogP contribution is -2.22. The summed E-state index contributed by atoms with van der Waals surface area (Å²) in [6, 6.07) is 0. The predicted octanol–water partition coefficient (Wildman–Crippen LogP) is -0.581. The van der Waals surface area contributed by atoms with Gasteiger partial charge in [-0.3, -0.25) is 4.79 Å². The van der Waals surface area contributed by atoms with Crippen molar-refractivity contribution in [3.05, 3.63) is 23.5 Å². The van der Waals surface area contributed by atoms with E-state index in [0.29, 0.717) is 17.8 Å². The van der Waals surface area contributed by atoms with E-state index in [2.05, 4.69) is 0 Å². The minimum Gasteiger partial charge on any atom is -0.464 e. The van der Waals surface area contributed by atoms with Crippen LogP contribution in [-0.4, -0.2) is 30.0 Å². The molecule has 1 saturated heterocycles. The molecule has 2 aliphatic rings. The number of aliphatic hydroxyl groups is 1. The third kappa shape index (κ3) is 1.51. The first-order chi connectivity index (χ1) is 6.70. The fourth-order valence-corrected chi connectivity index (χ4v) is 1.51. The lowest BCUT2D eigenvalue weighted by Gasteiger charge is -2.13. The Bertz CT molecular complexity index is 321. The molecule has 76 valence electrons. The van der Waals surface area contributed by atoms with Gasteiger partial charge in [-0.25, -0.2) is 0 Å². The average Bonchev–Trinajstić information content (AvgIpc) is 2.58. The quantitative estimate of drug-likeness (QED) is 0.620. The summed E-state index contributed by atoms with van der Waals surface area (Å²) in [6.07, 6.45) is 2.80. The summed E-state index contributed by atoms with van der Waals surface area (Å²) in [7, 11) is 0. The van der Waals surface area contributed by atoms with Crippen molar-refractivity contribution in [2.45, 2.75) is 18.8 Å². The lowest BCUT2D eigenvalue weighted by molar-refractivity contribution is -0.115. The van der Waals surface area contributed by atoms with Crippen LogP contribution in [0.15, 0.2) is 23.5 Å². The van der Waals surface area contributed by atoms with E-state index in [1.807, 2.05) is 0 Å². The van der Waals surface area contributed by atoms with E-state index in [4.69, 9.17) is 20.3 Å². The van der Waals surface area contributed by atoms with Crippen molar-refractivity contribution in [1.82, 2.24) is 0 Å². The number of amides is 1. The number of allylic oxidation sites excluding steroid dienone is 2. The summed E-state index contributed by atoms with van der Waals surface area (Å²) < 4.78 is 10.5. The SMILES string of the molecule is NC(=O)C1=CC=C2O[C@H](CO)O[C@H]2C1. The van der Waals surface area contributed by atoms with E-state index >= 15 is 0 Å². The molecule has 3 N–H and O–H groups in total. The molecule has 0 aromatic carbocycles. The first-order valence-corrected chi connectivity index (χ1v) is 4.34. The van der Waals surface area contributed by atoms with Crippen molar-refractivity contribution >= 4 is 5.91 Å². The summed E-state index contributed by atoms with van der Waals surface area (Å²) in [5.74, 6) is 0.199. The van der Waals surface area contributed by atoms with Gasteiger partial charge in [0.1, 0.15) is 18.5 Å². The summed E-state index contributed by atoms with van der Waals surface area (Å²) in [5.41, 5.74) is 5.65. The van der Waals surface area contributed by atoms with Gasteiger partial charge in [-0.1, -0.05) is 6.08 Å². The fourth-order valence-electron chi connectivity index (χ4n) is 1.51. The van der Waals surface area contributed by atoms with E-state index in [0.717, 1.165) is 0 Å². The topological polar surface area (TPSA) is 81.8 Å². The molecule has 0 spiro atoms. The number of nitrogens with two attached hydrogens (primary N) is 1. The summed E-state index contributed by atoms with van der Waals surface area (Å²) in [6.45, 7) is -0.195. The minimum absolute atomic E-state index is 0.195. The van der Waals surface area contributed by atoms with Gasteiger partial charge in [-0.2, -0.15) is 0 Å². The largest absolute Gasteiger partial charge is 0.464 e. The highest BCUT2D eigenvalue weighted by molar-refractivity contribution is 5.92. The molecule has 2 rings (SSSR count). The van der Waals surface area contributed by atoms with E-state index in [1.54, 1.807) is 12.2 Å². The second-order valence-corrected chi connectivity index (χ2v) is 3.18. The highest BCUT2D eigenvalue weighted by atomic mass is 16.7.